The molecule has 0 radical (unpaired) electrons. The van der Waals surface area contributed by atoms with Gasteiger partial charge in [0.15, 0.2) is 0 Å². The number of hydrogen-bond acceptors (Lipinski definition) is 2. The Morgan fingerprint density at radius 3 is 1.88 bits per heavy atom. The standard InChI is InChI=1S/C21H20ClNO/c22-18-11-13-19(14-12-18)23-20(16-7-3-1-4-8-16)15-21(24)17-9-5-2-6-10-17/h1-14,20-21,23-24H,15H2/t20-,21-/m0/s1. The number of aliphatic hydroxyl groups is 1. The van der Waals surface area contributed by atoms with Crippen LogP contribution in [0.5, 0.6) is 0 Å². The zero-order chi connectivity index (χ0) is 16.8. The van der Waals surface area contributed by atoms with Crippen LogP contribution in [0.15, 0.2) is 84.9 Å². The number of rotatable bonds is 6. The predicted molar refractivity (Wildman–Crippen MR) is 100 cm³/mol. The van der Waals surface area contributed by atoms with Crippen LogP contribution in [0.25, 0.3) is 0 Å². The minimum Gasteiger partial charge on any atom is -0.388 e. The first kappa shape index (κ1) is 16.6. The van der Waals surface area contributed by atoms with Gasteiger partial charge in [-0.2, -0.15) is 0 Å². The second-order valence-corrected chi connectivity index (χ2v) is 6.21. The van der Waals surface area contributed by atoms with Crippen LogP contribution in [0.3, 0.4) is 0 Å². The lowest BCUT2D eigenvalue weighted by atomic mass is 9.96. The van der Waals surface area contributed by atoms with E-state index >= 15 is 0 Å². The molecule has 122 valence electrons. The van der Waals surface area contributed by atoms with Crippen LogP contribution >= 0.6 is 11.6 Å². The quantitative estimate of drug-likeness (QED) is 0.612. The molecule has 0 amide bonds. The lowest BCUT2D eigenvalue weighted by Crippen LogP contribution is -2.14. The summed E-state index contributed by atoms with van der Waals surface area (Å²) in [6.45, 7) is 0. The van der Waals surface area contributed by atoms with Gasteiger partial charge >= 0.3 is 0 Å². The fraction of sp³-hybridized carbons (Fsp3) is 0.143. The van der Waals surface area contributed by atoms with Crippen molar-refractivity contribution in [1.82, 2.24) is 0 Å². The van der Waals surface area contributed by atoms with Gasteiger partial charge in [-0.3, -0.25) is 0 Å². The Labute approximate surface area is 147 Å². The van der Waals surface area contributed by atoms with E-state index in [-0.39, 0.29) is 6.04 Å². The molecule has 0 unspecified atom stereocenters. The number of halogens is 1. The molecule has 2 atom stereocenters. The van der Waals surface area contributed by atoms with Gasteiger partial charge in [-0.25, -0.2) is 0 Å². The highest BCUT2D eigenvalue weighted by Crippen LogP contribution is 2.30. The molecular weight excluding hydrogens is 318 g/mol. The molecule has 2 N–H and O–H groups in total. The predicted octanol–water partition coefficient (Wildman–Crippen LogP) is 5.62. The fourth-order valence-electron chi connectivity index (χ4n) is 2.75. The van der Waals surface area contributed by atoms with Crippen molar-refractivity contribution in [3.8, 4) is 0 Å². The highest BCUT2D eigenvalue weighted by molar-refractivity contribution is 6.30. The molecular formula is C21H20ClNO. The highest BCUT2D eigenvalue weighted by Gasteiger charge is 2.17. The molecule has 24 heavy (non-hydrogen) atoms. The third-order valence-corrected chi connectivity index (χ3v) is 4.28. The zero-order valence-electron chi connectivity index (χ0n) is 13.3. The average molecular weight is 338 g/mol. The van der Waals surface area contributed by atoms with Crippen molar-refractivity contribution >= 4 is 17.3 Å². The Bertz CT molecular complexity index is 744. The molecule has 3 aromatic rings. The van der Waals surface area contributed by atoms with Crippen LogP contribution in [0, 0.1) is 0 Å². The van der Waals surface area contributed by atoms with E-state index in [0.717, 1.165) is 16.8 Å². The Morgan fingerprint density at radius 1 is 0.750 bits per heavy atom. The first-order valence-corrected chi connectivity index (χ1v) is 8.40. The Kier molecular flexibility index (Phi) is 5.52. The lowest BCUT2D eigenvalue weighted by Gasteiger charge is -2.23. The summed E-state index contributed by atoms with van der Waals surface area (Å²) in [7, 11) is 0. The number of anilines is 1. The molecule has 3 aromatic carbocycles. The maximum atomic E-state index is 10.6. The second kappa shape index (κ2) is 8.00. The van der Waals surface area contributed by atoms with E-state index in [0.29, 0.717) is 11.4 Å². The van der Waals surface area contributed by atoms with Crippen molar-refractivity contribution in [1.29, 1.82) is 0 Å². The largest absolute Gasteiger partial charge is 0.388 e. The van der Waals surface area contributed by atoms with Gasteiger partial charge in [0.25, 0.3) is 0 Å². The van der Waals surface area contributed by atoms with E-state index in [1.54, 1.807) is 0 Å². The molecule has 3 heteroatoms. The maximum Gasteiger partial charge on any atom is 0.0812 e. The smallest absolute Gasteiger partial charge is 0.0812 e. The SMILES string of the molecule is O[C@@H](C[C@H](Nc1ccc(Cl)cc1)c1ccccc1)c1ccccc1. The van der Waals surface area contributed by atoms with E-state index < -0.39 is 6.10 Å². The van der Waals surface area contributed by atoms with Crippen molar-refractivity contribution in [2.75, 3.05) is 5.32 Å². The Hall–Kier alpha value is -2.29. The van der Waals surface area contributed by atoms with Crippen molar-refractivity contribution in [3.63, 3.8) is 0 Å². The number of hydrogen-bond donors (Lipinski definition) is 2. The van der Waals surface area contributed by atoms with Gasteiger partial charge in [0.1, 0.15) is 0 Å². The normalized spacial score (nSPS) is 13.2. The van der Waals surface area contributed by atoms with E-state index in [1.165, 1.54) is 0 Å². The Morgan fingerprint density at radius 2 is 1.29 bits per heavy atom. The number of nitrogens with one attached hydrogen (secondary N) is 1. The summed E-state index contributed by atoms with van der Waals surface area (Å²) in [6, 6.07) is 27.6. The zero-order valence-corrected chi connectivity index (χ0v) is 14.0. The van der Waals surface area contributed by atoms with Gasteiger partial charge in [0.2, 0.25) is 0 Å². The molecule has 0 saturated heterocycles. The molecule has 0 aliphatic carbocycles. The van der Waals surface area contributed by atoms with Gasteiger partial charge in [-0.05, 0) is 35.4 Å². The van der Waals surface area contributed by atoms with Gasteiger partial charge in [-0.15, -0.1) is 0 Å². The van der Waals surface area contributed by atoms with Gasteiger partial charge in [0.05, 0.1) is 12.1 Å². The van der Waals surface area contributed by atoms with Crippen LogP contribution in [0.1, 0.15) is 29.7 Å². The van der Waals surface area contributed by atoms with E-state index in [1.807, 2.05) is 72.8 Å². The second-order valence-electron chi connectivity index (χ2n) is 5.78. The summed E-state index contributed by atoms with van der Waals surface area (Å²) in [5, 5.41) is 14.8. The molecule has 0 bridgehead atoms. The van der Waals surface area contributed by atoms with Gasteiger partial charge in [0, 0.05) is 17.1 Å². The molecule has 0 aromatic heterocycles. The minimum absolute atomic E-state index is 0.00239. The van der Waals surface area contributed by atoms with Crippen LogP contribution in [-0.2, 0) is 0 Å². The number of benzene rings is 3. The third kappa shape index (κ3) is 4.38. The summed E-state index contributed by atoms with van der Waals surface area (Å²) in [5.41, 5.74) is 3.05. The monoisotopic (exact) mass is 337 g/mol. The topological polar surface area (TPSA) is 32.3 Å². The van der Waals surface area contributed by atoms with Crippen LogP contribution < -0.4 is 5.32 Å². The summed E-state index contributed by atoms with van der Waals surface area (Å²) in [5.74, 6) is 0. The Balaban J connectivity index is 1.81. The molecule has 3 rings (SSSR count). The minimum atomic E-state index is -0.531. The first-order valence-electron chi connectivity index (χ1n) is 8.02. The molecule has 0 spiro atoms. The molecule has 0 heterocycles. The molecule has 0 fully saturated rings. The summed E-state index contributed by atoms with van der Waals surface area (Å²) in [6.07, 6.45) is 0.0487. The maximum absolute atomic E-state index is 10.6. The van der Waals surface area contributed by atoms with E-state index in [4.69, 9.17) is 11.6 Å². The van der Waals surface area contributed by atoms with Gasteiger partial charge < -0.3 is 10.4 Å². The van der Waals surface area contributed by atoms with Gasteiger partial charge in [-0.1, -0.05) is 72.3 Å². The average Bonchev–Trinajstić information content (AvgIpc) is 2.64. The van der Waals surface area contributed by atoms with E-state index in [2.05, 4.69) is 17.4 Å². The summed E-state index contributed by atoms with van der Waals surface area (Å²) in [4.78, 5) is 0. The fourth-order valence-corrected chi connectivity index (χ4v) is 2.87. The van der Waals surface area contributed by atoms with Crippen molar-refractivity contribution < 1.29 is 5.11 Å². The van der Waals surface area contributed by atoms with Crippen molar-refractivity contribution in [3.05, 3.63) is 101 Å². The van der Waals surface area contributed by atoms with Crippen molar-refractivity contribution in [2.45, 2.75) is 18.6 Å². The van der Waals surface area contributed by atoms with E-state index in [9.17, 15) is 5.11 Å². The van der Waals surface area contributed by atoms with Crippen LogP contribution in [0.4, 0.5) is 5.69 Å². The number of aliphatic hydroxyl groups excluding tert-OH is 1. The third-order valence-electron chi connectivity index (χ3n) is 4.03. The lowest BCUT2D eigenvalue weighted by molar-refractivity contribution is 0.160. The molecule has 0 aliphatic heterocycles. The van der Waals surface area contributed by atoms with Crippen LogP contribution in [-0.4, -0.2) is 5.11 Å². The highest BCUT2D eigenvalue weighted by atomic mass is 35.5. The molecule has 2 nitrogen and oxygen atoms in total. The van der Waals surface area contributed by atoms with Crippen LogP contribution in [0.2, 0.25) is 5.02 Å². The molecule has 0 saturated carbocycles. The summed E-state index contributed by atoms with van der Waals surface area (Å²) >= 11 is 5.96. The van der Waals surface area contributed by atoms with Crippen molar-refractivity contribution in [2.24, 2.45) is 0 Å². The first-order chi connectivity index (χ1) is 11.7. The molecule has 0 aliphatic rings. The summed E-state index contributed by atoms with van der Waals surface area (Å²) < 4.78 is 0.